The zero-order valence-electron chi connectivity index (χ0n) is 11.5. The summed E-state index contributed by atoms with van der Waals surface area (Å²) in [7, 11) is 0. The summed E-state index contributed by atoms with van der Waals surface area (Å²) in [5, 5.41) is 4.14. The van der Waals surface area contributed by atoms with E-state index in [0.29, 0.717) is 22.7 Å². The molecule has 1 fully saturated rings. The van der Waals surface area contributed by atoms with Crippen molar-refractivity contribution in [2.75, 3.05) is 13.1 Å². The normalized spacial score (nSPS) is 16.9. The molecule has 4 heteroatoms. The molecule has 1 N–H and O–H groups in total. The maximum absolute atomic E-state index is 12.3. The lowest BCUT2D eigenvalue weighted by atomic mass is 10.0. The molecule has 1 amide bonds. The molecule has 1 aliphatic heterocycles. The van der Waals surface area contributed by atoms with Crippen molar-refractivity contribution in [1.29, 1.82) is 0 Å². The molecular weight excluding hydrogens is 260 g/mol. The number of benzene rings is 1. The lowest BCUT2D eigenvalue weighted by Crippen LogP contribution is -2.46. The SMILES string of the molecule is CC(C)NC1CCN(C(=O)c2cccc(Cl)c2)CC1. The van der Waals surface area contributed by atoms with Crippen molar-refractivity contribution < 1.29 is 4.79 Å². The Morgan fingerprint density at radius 2 is 2.05 bits per heavy atom. The Morgan fingerprint density at radius 1 is 1.37 bits per heavy atom. The van der Waals surface area contributed by atoms with Crippen LogP contribution in [0.1, 0.15) is 37.0 Å². The van der Waals surface area contributed by atoms with Crippen molar-refractivity contribution in [1.82, 2.24) is 10.2 Å². The van der Waals surface area contributed by atoms with Crippen LogP contribution in [0, 0.1) is 0 Å². The van der Waals surface area contributed by atoms with Crippen LogP contribution in [0.2, 0.25) is 5.02 Å². The predicted octanol–water partition coefficient (Wildman–Crippen LogP) is 2.94. The average Bonchev–Trinajstić information content (AvgIpc) is 2.38. The summed E-state index contributed by atoms with van der Waals surface area (Å²) in [6, 6.07) is 8.21. The first-order chi connectivity index (χ1) is 9.06. The van der Waals surface area contributed by atoms with Crippen LogP contribution in [0.3, 0.4) is 0 Å². The first-order valence-electron chi connectivity index (χ1n) is 6.87. The second kappa shape index (κ2) is 6.40. The highest BCUT2D eigenvalue weighted by Crippen LogP contribution is 2.17. The van der Waals surface area contributed by atoms with Crippen molar-refractivity contribution in [3.8, 4) is 0 Å². The topological polar surface area (TPSA) is 32.3 Å². The third-order valence-corrected chi connectivity index (χ3v) is 3.66. The molecule has 104 valence electrons. The molecule has 0 bridgehead atoms. The predicted molar refractivity (Wildman–Crippen MR) is 78.6 cm³/mol. The number of hydrogen-bond acceptors (Lipinski definition) is 2. The van der Waals surface area contributed by atoms with Crippen molar-refractivity contribution in [3.63, 3.8) is 0 Å². The Hall–Kier alpha value is -1.06. The van der Waals surface area contributed by atoms with Gasteiger partial charge in [-0.15, -0.1) is 0 Å². The minimum Gasteiger partial charge on any atom is -0.339 e. The minimum atomic E-state index is 0.0884. The van der Waals surface area contributed by atoms with Crippen molar-refractivity contribution in [2.24, 2.45) is 0 Å². The standard InChI is InChI=1S/C15H21ClN2O/c1-11(2)17-14-6-8-18(9-7-14)15(19)12-4-3-5-13(16)10-12/h3-5,10-11,14,17H,6-9H2,1-2H3. The fourth-order valence-electron chi connectivity index (χ4n) is 2.52. The number of hydrogen-bond donors (Lipinski definition) is 1. The lowest BCUT2D eigenvalue weighted by molar-refractivity contribution is 0.0703. The van der Waals surface area contributed by atoms with Gasteiger partial charge in [-0.05, 0) is 31.0 Å². The van der Waals surface area contributed by atoms with Crippen LogP contribution in [-0.2, 0) is 0 Å². The van der Waals surface area contributed by atoms with Crippen LogP contribution in [0.25, 0.3) is 0 Å². The van der Waals surface area contributed by atoms with E-state index in [0.717, 1.165) is 25.9 Å². The fraction of sp³-hybridized carbons (Fsp3) is 0.533. The van der Waals surface area contributed by atoms with Gasteiger partial charge in [-0.3, -0.25) is 4.79 Å². The highest BCUT2D eigenvalue weighted by Gasteiger charge is 2.23. The molecule has 2 rings (SSSR count). The number of nitrogens with one attached hydrogen (secondary N) is 1. The first kappa shape index (κ1) is 14.4. The van der Waals surface area contributed by atoms with Gasteiger partial charge < -0.3 is 10.2 Å². The number of halogens is 1. The van der Waals surface area contributed by atoms with Gasteiger partial charge >= 0.3 is 0 Å². The lowest BCUT2D eigenvalue weighted by Gasteiger charge is -2.33. The Balaban J connectivity index is 1.92. The average molecular weight is 281 g/mol. The number of rotatable bonds is 3. The van der Waals surface area contributed by atoms with E-state index in [1.807, 2.05) is 17.0 Å². The quantitative estimate of drug-likeness (QED) is 0.923. The molecule has 0 radical (unpaired) electrons. The molecule has 0 atom stereocenters. The minimum absolute atomic E-state index is 0.0884. The van der Waals surface area contributed by atoms with E-state index in [4.69, 9.17) is 11.6 Å². The molecule has 1 aromatic carbocycles. The fourth-order valence-corrected chi connectivity index (χ4v) is 2.72. The largest absolute Gasteiger partial charge is 0.339 e. The molecule has 1 aliphatic rings. The third kappa shape index (κ3) is 3.95. The van der Waals surface area contributed by atoms with Crippen LogP contribution in [0.15, 0.2) is 24.3 Å². The van der Waals surface area contributed by atoms with Gasteiger partial charge in [0.05, 0.1) is 0 Å². The van der Waals surface area contributed by atoms with Gasteiger partial charge in [0.1, 0.15) is 0 Å². The summed E-state index contributed by atoms with van der Waals surface area (Å²) >= 11 is 5.93. The molecule has 0 aliphatic carbocycles. The van der Waals surface area contributed by atoms with E-state index in [1.165, 1.54) is 0 Å². The Kier molecular flexibility index (Phi) is 4.83. The molecule has 1 heterocycles. The number of carbonyl (C=O) groups is 1. The summed E-state index contributed by atoms with van der Waals surface area (Å²) in [6.07, 6.45) is 2.04. The Morgan fingerprint density at radius 3 is 2.63 bits per heavy atom. The first-order valence-corrected chi connectivity index (χ1v) is 7.25. The smallest absolute Gasteiger partial charge is 0.253 e. The van der Waals surface area contributed by atoms with E-state index < -0.39 is 0 Å². The van der Waals surface area contributed by atoms with Gasteiger partial charge in [-0.1, -0.05) is 31.5 Å². The maximum Gasteiger partial charge on any atom is 0.253 e. The number of likely N-dealkylation sites (tertiary alicyclic amines) is 1. The van der Waals surface area contributed by atoms with Gasteiger partial charge in [-0.2, -0.15) is 0 Å². The van der Waals surface area contributed by atoms with Gasteiger partial charge in [0.2, 0.25) is 0 Å². The number of amides is 1. The number of carbonyl (C=O) groups excluding carboxylic acids is 1. The summed E-state index contributed by atoms with van der Waals surface area (Å²) < 4.78 is 0. The van der Waals surface area contributed by atoms with E-state index in [2.05, 4.69) is 19.2 Å². The molecule has 0 spiro atoms. The summed E-state index contributed by atoms with van der Waals surface area (Å²) in [5.74, 6) is 0.0884. The molecule has 1 saturated heterocycles. The molecule has 0 aromatic heterocycles. The molecular formula is C15H21ClN2O. The summed E-state index contributed by atoms with van der Waals surface area (Å²) in [4.78, 5) is 14.2. The highest BCUT2D eigenvalue weighted by molar-refractivity contribution is 6.30. The molecule has 3 nitrogen and oxygen atoms in total. The van der Waals surface area contributed by atoms with Gasteiger partial charge in [0.15, 0.2) is 0 Å². The van der Waals surface area contributed by atoms with E-state index in [1.54, 1.807) is 12.1 Å². The van der Waals surface area contributed by atoms with Gasteiger partial charge in [0.25, 0.3) is 5.91 Å². The number of piperidine rings is 1. The maximum atomic E-state index is 12.3. The van der Waals surface area contributed by atoms with Gasteiger partial charge in [-0.25, -0.2) is 0 Å². The van der Waals surface area contributed by atoms with Gasteiger partial charge in [0, 0.05) is 35.8 Å². The zero-order valence-corrected chi connectivity index (χ0v) is 12.3. The molecule has 0 unspecified atom stereocenters. The summed E-state index contributed by atoms with van der Waals surface area (Å²) in [5.41, 5.74) is 0.683. The second-order valence-corrected chi connectivity index (χ2v) is 5.83. The van der Waals surface area contributed by atoms with Crippen LogP contribution in [0.5, 0.6) is 0 Å². The Labute approximate surface area is 119 Å². The van der Waals surface area contributed by atoms with Crippen molar-refractivity contribution in [2.45, 2.75) is 38.8 Å². The number of nitrogens with zero attached hydrogens (tertiary/aromatic N) is 1. The van der Waals surface area contributed by atoms with E-state index in [9.17, 15) is 4.79 Å². The summed E-state index contributed by atoms with van der Waals surface area (Å²) in [6.45, 7) is 5.94. The monoisotopic (exact) mass is 280 g/mol. The van der Waals surface area contributed by atoms with Crippen LogP contribution >= 0.6 is 11.6 Å². The van der Waals surface area contributed by atoms with Crippen molar-refractivity contribution in [3.05, 3.63) is 34.9 Å². The Bertz CT molecular complexity index is 440. The van der Waals surface area contributed by atoms with E-state index in [-0.39, 0.29) is 5.91 Å². The third-order valence-electron chi connectivity index (χ3n) is 3.42. The van der Waals surface area contributed by atoms with Crippen LogP contribution < -0.4 is 5.32 Å². The zero-order chi connectivity index (χ0) is 13.8. The molecule has 19 heavy (non-hydrogen) atoms. The highest BCUT2D eigenvalue weighted by atomic mass is 35.5. The van der Waals surface area contributed by atoms with Crippen LogP contribution in [0.4, 0.5) is 0 Å². The van der Waals surface area contributed by atoms with E-state index >= 15 is 0 Å². The van der Waals surface area contributed by atoms with Crippen molar-refractivity contribution >= 4 is 17.5 Å². The second-order valence-electron chi connectivity index (χ2n) is 5.40. The molecule has 1 aromatic rings. The van der Waals surface area contributed by atoms with Crippen LogP contribution in [-0.4, -0.2) is 36.0 Å². The molecule has 0 saturated carbocycles.